The van der Waals surface area contributed by atoms with Crippen molar-refractivity contribution in [3.63, 3.8) is 0 Å². The van der Waals surface area contributed by atoms with E-state index in [9.17, 15) is 0 Å². The first-order valence-electron chi connectivity index (χ1n) is 13.2. The minimum absolute atomic E-state index is 0.165. The number of anilines is 1. The molecule has 0 saturated carbocycles. The lowest BCUT2D eigenvalue weighted by Crippen LogP contribution is -2.12. The van der Waals surface area contributed by atoms with E-state index >= 15 is 0 Å². The lowest BCUT2D eigenvalue weighted by molar-refractivity contribution is 0.207. The fraction of sp³-hybridized carbons (Fsp3) is 0.303. The Hall–Kier alpha value is -3.59. The Morgan fingerprint density at radius 1 is 0.722 bits per heavy atom. The summed E-state index contributed by atoms with van der Waals surface area (Å²) in [5.74, 6) is 0.895. The highest BCUT2D eigenvalue weighted by molar-refractivity contribution is 5.79. The highest BCUT2D eigenvalue weighted by atomic mass is 16.5. The number of pyridine rings is 1. The molecule has 0 amide bonds. The van der Waals surface area contributed by atoms with E-state index in [0.29, 0.717) is 0 Å². The molecule has 0 radical (unpaired) electrons. The Morgan fingerprint density at radius 3 is 2.14 bits per heavy atom. The van der Waals surface area contributed by atoms with Crippen molar-refractivity contribution in [2.45, 2.75) is 52.1 Å². The third-order valence-corrected chi connectivity index (χ3v) is 6.57. The van der Waals surface area contributed by atoms with Crippen LogP contribution in [0.4, 0.5) is 5.69 Å². The molecule has 0 bridgehead atoms. The Balaban J connectivity index is 1.71. The Labute approximate surface area is 216 Å². The summed E-state index contributed by atoms with van der Waals surface area (Å²) in [4.78, 5) is 7.23. The first-order chi connectivity index (χ1) is 17.5. The number of aromatic nitrogens is 1. The van der Waals surface area contributed by atoms with E-state index in [-0.39, 0.29) is 6.10 Å². The van der Waals surface area contributed by atoms with Crippen LogP contribution in [0.3, 0.4) is 0 Å². The van der Waals surface area contributed by atoms with Crippen LogP contribution in [0.2, 0.25) is 0 Å². The van der Waals surface area contributed by atoms with E-state index in [1.54, 1.807) is 0 Å². The van der Waals surface area contributed by atoms with Crippen molar-refractivity contribution in [2.75, 3.05) is 19.0 Å². The Bertz CT molecular complexity index is 1230. The molecule has 0 aliphatic rings. The molecule has 1 aromatic heterocycles. The summed E-state index contributed by atoms with van der Waals surface area (Å²) in [7, 11) is 4.13. The molecule has 0 N–H and O–H groups in total. The van der Waals surface area contributed by atoms with Gasteiger partial charge in [-0.3, -0.25) is 0 Å². The van der Waals surface area contributed by atoms with E-state index < -0.39 is 0 Å². The van der Waals surface area contributed by atoms with Crippen molar-refractivity contribution < 1.29 is 4.74 Å². The molecule has 0 aliphatic heterocycles. The number of unbranched alkanes of at least 4 members (excludes halogenated alkanes) is 3. The van der Waals surface area contributed by atoms with E-state index in [4.69, 9.17) is 9.72 Å². The largest absolute Gasteiger partial charge is 0.490 e. The van der Waals surface area contributed by atoms with Crippen LogP contribution in [0, 0.1) is 0 Å². The second-order valence-electron chi connectivity index (χ2n) is 9.71. The quantitative estimate of drug-likeness (QED) is 0.201. The van der Waals surface area contributed by atoms with Gasteiger partial charge in [0.05, 0.1) is 17.5 Å². The van der Waals surface area contributed by atoms with Gasteiger partial charge < -0.3 is 9.64 Å². The van der Waals surface area contributed by atoms with Gasteiger partial charge in [-0.1, -0.05) is 80.8 Å². The first-order valence-corrected chi connectivity index (χ1v) is 13.2. The molecule has 0 saturated heterocycles. The van der Waals surface area contributed by atoms with E-state index in [2.05, 4.69) is 112 Å². The fourth-order valence-corrected chi connectivity index (χ4v) is 4.46. The van der Waals surface area contributed by atoms with Crippen molar-refractivity contribution in [3.05, 3.63) is 91.0 Å². The third kappa shape index (κ3) is 6.54. The summed E-state index contributed by atoms with van der Waals surface area (Å²) in [6.45, 7) is 4.42. The minimum atomic E-state index is 0.165. The first kappa shape index (κ1) is 25.5. The minimum Gasteiger partial charge on any atom is -0.490 e. The summed E-state index contributed by atoms with van der Waals surface area (Å²) in [6, 6.07) is 31.8. The van der Waals surface area contributed by atoms with Gasteiger partial charge in [-0.15, -0.1) is 0 Å². The molecule has 4 aromatic rings. The van der Waals surface area contributed by atoms with Gasteiger partial charge in [0, 0.05) is 30.9 Å². The molecular weight excluding hydrogens is 440 g/mol. The zero-order chi connectivity index (χ0) is 25.3. The molecule has 0 fully saturated rings. The van der Waals surface area contributed by atoms with Crippen LogP contribution >= 0.6 is 0 Å². The van der Waals surface area contributed by atoms with Crippen LogP contribution in [0.1, 0.15) is 46.0 Å². The topological polar surface area (TPSA) is 25.4 Å². The maximum absolute atomic E-state index is 6.47. The van der Waals surface area contributed by atoms with Crippen molar-refractivity contribution in [1.29, 1.82) is 0 Å². The Kier molecular flexibility index (Phi) is 8.78. The molecule has 0 aliphatic carbocycles. The molecular formula is C33H38N2O. The number of nitrogens with zero attached hydrogens (tertiary/aromatic N) is 2. The zero-order valence-corrected chi connectivity index (χ0v) is 22.1. The predicted octanol–water partition coefficient (Wildman–Crippen LogP) is 8.89. The van der Waals surface area contributed by atoms with Crippen LogP contribution in [-0.4, -0.2) is 25.2 Å². The summed E-state index contributed by atoms with van der Waals surface area (Å²) in [5.41, 5.74) is 7.52. The van der Waals surface area contributed by atoms with Gasteiger partial charge >= 0.3 is 0 Å². The SMILES string of the molecule is CCCCCCC(C)Oc1ccccc1-c1cc(-c2ccc(N(C)C)cc2)cc(-c2ccccc2)n1. The maximum atomic E-state index is 6.47. The van der Waals surface area contributed by atoms with Crippen LogP contribution in [0.15, 0.2) is 91.0 Å². The van der Waals surface area contributed by atoms with Crippen molar-refractivity contribution >= 4 is 5.69 Å². The summed E-state index contributed by atoms with van der Waals surface area (Å²) >= 11 is 0. The summed E-state index contributed by atoms with van der Waals surface area (Å²) in [5, 5.41) is 0. The number of ether oxygens (including phenoxy) is 1. The number of hydrogen-bond acceptors (Lipinski definition) is 3. The van der Waals surface area contributed by atoms with Crippen LogP contribution in [0.5, 0.6) is 5.75 Å². The molecule has 0 spiro atoms. The molecule has 1 heterocycles. The lowest BCUT2D eigenvalue weighted by atomic mass is 9.99. The summed E-state index contributed by atoms with van der Waals surface area (Å²) in [6.07, 6.45) is 6.24. The fourth-order valence-electron chi connectivity index (χ4n) is 4.46. The molecule has 3 nitrogen and oxygen atoms in total. The molecule has 186 valence electrons. The molecule has 1 unspecified atom stereocenters. The van der Waals surface area contributed by atoms with E-state index in [1.807, 2.05) is 12.1 Å². The number of para-hydroxylation sites is 1. The van der Waals surface area contributed by atoms with Crippen LogP contribution < -0.4 is 9.64 Å². The lowest BCUT2D eigenvalue weighted by Gasteiger charge is -2.18. The average molecular weight is 479 g/mol. The highest BCUT2D eigenvalue weighted by Crippen LogP contribution is 2.35. The second kappa shape index (κ2) is 12.4. The number of rotatable bonds is 11. The van der Waals surface area contributed by atoms with Crippen LogP contribution in [0.25, 0.3) is 33.6 Å². The van der Waals surface area contributed by atoms with Crippen molar-refractivity contribution in [1.82, 2.24) is 4.98 Å². The normalized spacial score (nSPS) is 11.8. The van der Waals surface area contributed by atoms with Gasteiger partial charge in [0.25, 0.3) is 0 Å². The molecule has 3 heteroatoms. The van der Waals surface area contributed by atoms with Gasteiger partial charge in [0.15, 0.2) is 0 Å². The monoisotopic (exact) mass is 478 g/mol. The van der Waals surface area contributed by atoms with Gasteiger partial charge in [-0.2, -0.15) is 0 Å². The van der Waals surface area contributed by atoms with Gasteiger partial charge in [0.1, 0.15) is 5.75 Å². The standard InChI is InChI=1S/C33H38N2O/c1-5-6-7-9-14-25(2)36-33-18-13-12-17-30(33)32-24-28(26-19-21-29(22-20-26)35(3)4)23-31(34-32)27-15-10-8-11-16-27/h8,10-13,15-25H,5-7,9,14H2,1-4H3. The molecule has 3 aromatic carbocycles. The van der Waals surface area contributed by atoms with Gasteiger partial charge in [-0.05, 0) is 67.3 Å². The Morgan fingerprint density at radius 2 is 1.42 bits per heavy atom. The molecule has 1 atom stereocenters. The molecule has 36 heavy (non-hydrogen) atoms. The third-order valence-electron chi connectivity index (χ3n) is 6.57. The molecule has 4 rings (SSSR count). The second-order valence-corrected chi connectivity index (χ2v) is 9.71. The number of hydrogen-bond donors (Lipinski definition) is 0. The van der Waals surface area contributed by atoms with Gasteiger partial charge in [-0.25, -0.2) is 4.98 Å². The van der Waals surface area contributed by atoms with Crippen molar-refractivity contribution in [2.24, 2.45) is 0 Å². The van der Waals surface area contributed by atoms with Gasteiger partial charge in [0.2, 0.25) is 0 Å². The summed E-state index contributed by atoms with van der Waals surface area (Å²) < 4.78 is 6.47. The average Bonchev–Trinajstić information content (AvgIpc) is 2.92. The predicted molar refractivity (Wildman–Crippen MR) is 154 cm³/mol. The van der Waals surface area contributed by atoms with Crippen molar-refractivity contribution in [3.8, 4) is 39.4 Å². The zero-order valence-electron chi connectivity index (χ0n) is 22.1. The van der Waals surface area contributed by atoms with E-state index in [0.717, 1.165) is 40.2 Å². The van der Waals surface area contributed by atoms with E-state index in [1.165, 1.54) is 36.9 Å². The number of benzene rings is 3. The highest BCUT2D eigenvalue weighted by Gasteiger charge is 2.14. The smallest absolute Gasteiger partial charge is 0.129 e. The van der Waals surface area contributed by atoms with Crippen LogP contribution in [-0.2, 0) is 0 Å². The maximum Gasteiger partial charge on any atom is 0.129 e.